The van der Waals surface area contributed by atoms with E-state index in [4.69, 9.17) is 0 Å². The Labute approximate surface area is 113 Å². The van der Waals surface area contributed by atoms with Gasteiger partial charge in [-0.05, 0) is 62.3 Å². The molecule has 2 heteroatoms. The first-order valence-electron chi connectivity index (χ1n) is 6.60. The molecule has 0 spiro atoms. The molecule has 2 rings (SSSR count). The van der Waals surface area contributed by atoms with E-state index in [0.29, 0.717) is 6.04 Å². The Morgan fingerprint density at radius 1 is 1.35 bits per heavy atom. The maximum atomic E-state index is 3.56. The molecule has 1 aliphatic rings. The molecule has 3 unspecified atom stereocenters. The van der Waals surface area contributed by atoms with Crippen LogP contribution < -0.4 is 5.32 Å². The molecule has 0 bridgehead atoms. The first-order valence-corrected chi connectivity index (χ1v) is 7.40. The Morgan fingerprint density at radius 2 is 2.18 bits per heavy atom. The maximum absolute atomic E-state index is 3.56. The summed E-state index contributed by atoms with van der Waals surface area (Å²) in [4.78, 5) is 0. The fourth-order valence-corrected chi connectivity index (χ4v) is 3.52. The molecular weight excluding hydrogens is 274 g/mol. The van der Waals surface area contributed by atoms with Gasteiger partial charge in [-0.25, -0.2) is 0 Å². The molecule has 0 radical (unpaired) electrons. The van der Waals surface area contributed by atoms with Gasteiger partial charge in [0.1, 0.15) is 0 Å². The quantitative estimate of drug-likeness (QED) is 0.888. The van der Waals surface area contributed by atoms with Crippen molar-refractivity contribution in [2.45, 2.75) is 38.6 Å². The summed E-state index contributed by atoms with van der Waals surface area (Å²) < 4.78 is 1.19. The molecule has 17 heavy (non-hydrogen) atoms. The summed E-state index contributed by atoms with van der Waals surface area (Å²) in [5, 5.41) is 3.50. The molecule has 94 valence electrons. The average molecular weight is 296 g/mol. The number of nitrogens with one attached hydrogen (secondary N) is 1. The molecule has 0 aromatic heterocycles. The van der Waals surface area contributed by atoms with Crippen molar-refractivity contribution in [3.8, 4) is 0 Å². The third-order valence-electron chi connectivity index (χ3n) is 4.00. The summed E-state index contributed by atoms with van der Waals surface area (Å²) in [5.41, 5.74) is 1.46. The van der Waals surface area contributed by atoms with Gasteiger partial charge in [0.25, 0.3) is 0 Å². The second-order valence-electron chi connectivity index (χ2n) is 5.41. The summed E-state index contributed by atoms with van der Waals surface area (Å²) in [5.74, 6) is 1.68. The smallest absolute Gasteiger partial charge is 0.0177 e. The molecular formula is C15H22BrN. The van der Waals surface area contributed by atoms with Crippen LogP contribution in [0.1, 0.15) is 31.7 Å². The van der Waals surface area contributed by atoms with Gasteiger partial charge < -0.3 is 5.32 Å². The van der Waals surface area contributed by atoms with Gasteiger partial charge in [0.15, 0.2) is 0 Å². The minimum atomic E-state index is 0.699. The summed E-state index contributed by atoms with van der Waals surface area (Å²) in [7, 11) is 2.11. The van der Waals surface area contributed by atoms with Crippen molar-refractivity contribution in [1.29, 1.82) is 0 Å². The van der Waals surface area contributed by atoms with E-state index < -0.39 is 0 Å². The zero-order valence-electron chi connectivity index (χ0n) is 10.7. The lowest BCUT2D eigenvalue weighted by Crippen LogP contribution is -2.39. The number of halogens is 1. The summed E-state index contributed by atoms with van der Waals surface area (Å²) >= 11 is 3.56. The minimum Gasteiger partial charge on any atom is -0.317 e. The first-order chi connectivity index (χ1) is 8.19. The molecule has 0 aliphatic heterocycles. The van der Waals surface area contributed by atoms with Crippen LogP contribution >= 0.6 is 15.9 Å². The highest BCUT2D eigenvalue weighted by Gasteiger charge is 2.27. The zero-order chi connectivity index (χ0) is 12.3. The average Bonchev–Trinajstić information content (AvgIpc) is 2.29. The predicted octanol–water partition coefficient (Wildman–Crippen LogP) is 4.02. The van der Waals surface area contributed by atoms with Crippen molar-refractivity contribution in [2.75, 3.05) is 7.05 Å². The molecule has 1 saturated carbocycles. The first kappa shape index (κ1) is 13.1. The highest BCUT2D eigenvalue weighted by atomic mass is 79.9. The van der Waals surface area contributed by atoms with Crippen LogP contribution in [0.15, 0.2) is 28.7 Å². The van der Waals surface area contributed by atoms with Crippen LogP contribution in [0, 0.1) is 11.8 Å². The highest BCUT2D eigenvalue weighted by molar-refractivity contribution is 9.10. The lowest BCUT2D eigenvalue weighted by Gasteiger charge is -2.35. The molecule has 1 nitrogen and oxygen atoms in total. The van der Waals surface area contributed by atoms with Gasteiger partial charge in [0.05, 0.1) is 0 Å². The van der Waals surface area contributed by atoms with Crippen molar-refractivity contribution in [2.24, 2.45) is 11.8 Å². The van der Waals surface area contributed by atoms with E-state index >= 15 is 0 Å². The molecule has 0 saturated heterocycles. The van der Waals surface area contributed by atoms with Crippen molar-refractivity contribution in [3.63, 3.8) is 0 Å². The standard InChI is InChI=1S/C15H22BrN/c1-11-6-7-15(17-2)13(8-11)9-12-4-3-5-14(16)10-12/h3-5,10-11,13,15,17H,6-9H2,1-2H3. The van der Waals surface area contributed by atoms with Crippen LogP contribution in [0.25, 0.3) is 0 Å². The minimum absolute atomic E-state index is 0.699. The van der Waals surface area contributed by atoms with E-state index in [1.165, 1.54) is 35.7 Å². The van der Waals surface area contributed by atoms with Crippen LogP contribution in [-0.4, -0.2) is 13.1 Å². The lowest BCUT2D eigenvalue weighted by molar-refractivity contribution is 0.220. The Balaban J connectivity index is 2.04. The van der Waals surface area contributed by atoms with Crippen molar-refractivity contribution >= 4 is 15.9 Å². The summed E-state index contributed by atoms with van der Waals surface area (Å²) in [6.45, 7) is 2.39. The third kappa shape index (κ3) is 3.56. The summed E-state index contributed by atoms with van der Waals surface area (Å²) in [6, 6.07) is 9.44. The fourth-order valence-electron chi connectivity index (χ4n) is 3.07. The van der Waals surface area contributed by atoms with Crippen LogP contribution in [-0.2, 0) is 6.42 Å². The molecule has 1 N–H and O–H groups in total. The maximum Gasteiger partial charge on any atom is 0.0177 e. The van der Waals surface area contributed by atoms with Crippen LogP contribution in [0.4, 0.5) is 0 Å². The van der Waals surface area contributed by atoms with Crippen molar-refractivity contribution in [1.82, 2.24) is 5.32 Å². The van der Waals surface area contributed by atoms with Gasteiger partial charge in [-0.15, -0.1) is 0 Å². The molecule has 1 aromatic rings. The van der Waals surface area contributed by atoms with E-state index in [0.717, 1.165) is 11.8 Å². The molecule has 0 heterocycles. The number of benzene rings is 1. The predicted molar refractivity (Wildman–Crippen MR) is 77.2 cm³/mol. The monoisotopic (exact) mass is 295 g/mol. The van der Waals surface area contributed by atoms with Gasteiger partial charge in [-0.3, -0.25) is 0 Å². The summed E-state index contributed by atoms with van der Waals surface area (Å²) in [6.07, 6.45) is 5.27. The van der Waals surface area contributed by atoms with Gasteiger partial charge in [-0.1, -0.05) is 35.0 Å². The van der Waals surface area contributed by atoms with E-state index in [9.17, 15) is 0 Å². The fraction of sp³-hybridized carbons (Fsp3) is 0.600. The zero-order valence-corrected chi connectivity index (χ0v) is 12.3. The molecule has 1 aromatic carbocycles. The van der Waals surface area contributed by atoms with Gasteiger partial charge in [-0.2, -0.15) is 0 Å². The Morgan fingerprint density at radius 3 is 2.88 bits per heavy atom. The topological polar surface area (TPSA) is 12.0 Å². The van der Waals surface area contributed by atoms with Gasteiger partial charge in [0, 0.05) is 10.5 Å². The van der Waals surface area contributed by atoms with Crippen LogP contribution in [0.5, 0.6) is 0 Å². The van der Waals surface area contributed by atoms with E-state index in [-0.39, 0.29) is 0 Å². The number of rotatable bonds is 3. The Hall–Kier alpha value is -0.340. The lowest BCUT2D eigenvalue weighted by atomic mass is 9.76. The van der Waals surface area contributed by atoms with Crippen LogP contribution in [0.2, 0.25) is 0 Å². The molecule has 3 atom stereocenters. The second-order valence-corrected chi connectivity index (χ2v) is 6.32. The van der Waals surface area contributed by atoms with Crippen molar-refractivity contribution in [3.05, 3.63) is 34.3 Å². The number of hydrogen-bond acceptors (Lipinski definition) is 1. The van der Waals surface area contributed by atoms with Crippen molar-refractivity contribution < 1.29 is 0 Å². The van der Waals surface area contributed by atoms with Crippen LogP contribution in [0.3, 0.4) is 0 Å². The van der Waals surface area contributed by atoms with E-state index in [1.54, 1.807) is 0 Å². The molecule has 1 fully saturated rings. The Bertz CT molecular complexity index is 364. The number of hydrogen-bond donors (Lipinski definition) is 1. The Kier molecular flexibility index (Phi) is 4.63. The normalized spacial score (nSPS) is 29.2. The third-order valence-corrected chi connectivity index (χ3v) is 4.50. The second kappa shape index (κ2) is 6.01. The largest absolute Gasteiger partial charge is 0.317 e. The molecule has 0 amide bonds. The van der Waals surface area contributed by atoms with Gasteiger partial charge in [0.2, 0.25) is 0 Å². The highest BCUT2D eigenvalue weighted by Crippen LogP contribution is 2.31. The van der Waals surface area contributed by atoms with Gasteiger partial charge >= 0.3 is 0 Å². The molecule has 1 aliphatic carbocycles. The SMILES string of the molecule is CNC1CCC(C)CC1Cc1cccc(Br)c1. The van der Waals surface area contributed by atoms with E-state index in [1.807, 2.05) is 0 Å². The van der Waals surface area contributed by atoms with E-state index in [2.05, 4.69) is 59.5 Å².